The zero-order valence-corrected chi connectivity index (χ0v) is 10.8. The van der Waals surface area contributed by atoms with Crippen molar-refractivity contribution in [3.8, 4) is 17.2 Å². The molecule has 0 aliphatic rings. The molecule has 0 radical (unpaired) electrons. The van der Waals surface area contributed by atoms with Crippen molar-refractivity contribution in [2.45, 2.75) is 13.0 Å². The third-order valence-corrected chi connectivity index (χ3v) is 2.71. The van der Waals surface area contributed by atoms with Crippen LogP contribution in [0.3, 0.4) is 0 Å². The van der Waals surface area contributed by atoms with E-state index in [0.29, 0.717) is 22.8 Å². The van der Waals surface area contributed by atoms with Crippen molar-refractivity contribution >= 4 is 0 Å². The zero-order valence-electron chi connectivity index (χ0n) is 10.8. The van der Waals surface area contributed by atoms with Crippen LogP contribution in [0.2, 0.25) is 0 Å². The molecule has 2 aromatic carbocycles. The fourth-order valence-electron chi connectivity index (χ4n) is 1.76. The Labute approximate surface area is 111 Å². The summed E-state index contributed by atoms with van der Waals surface area (Å²) in [4.78, 5) is 0. The number of hydrogen-bond donors (Lipinski definition) is 1. The summed E-state index contributed by atoms with van der Waals surface area (Å²) in [7, 11) is 1.54. The van der Waals surface area contributed by atoms with Crippen molar-refractivity contribution < 1.29 is 19.0 Å². The van der Waals surface area contributed by atoms with Crippen LogP contribution >= 0.6 is 0 Å². The van der Waals surface area contributed by atoms with Gasteiger partial charge in [0.1, 0.15) is 11.6 Å². The Kier molecular flexibility index (Phi) is 4.02. The Morgan fingerprint density at radius 1 is 1.05 bits per heavy atom. The van der Waals surface area contributed by atoms with E-state index in [1.54, 1.807) is 26.2 Å². The molecule has 2 aromatic rings. The number of para-hydroxylation sites is 2. The van der Waals surface area contributed by atoms with E-state index in [-0.39, 0.29) is 0 Å². The van der Waals surface area contributed by atoms with Crippen molar-refractivity contribution in [2.75, 3.05) is 7.11 Å². The van der Waals surface area contributed by atoms with Gasteiger partial charge in [-0.25, -0.2) is 4.39 Å². The van der Waals surface area contributed by atoms with Gasteiger partial charge in [0.25, 0.3) is 0 Å². The molecule has 0 amide bonds. The lowest BCUT2D eigenvalue weighted by molar-refractivity contribution is 0.195. The lowest BCUT2D eigenvalue weighted by atomic mass is 10.1. The van der Waals surface area contributed by atoms with E-state index in [4.69, 9.17) is 9.47 Å². The first kappa shape index (κ1) is 13.4. The van der Waals surface area contributed by atoms with Gasteiger partial charge in [-0.05, 0) is 37.3 Å². The van der Waals surface area contributed by atoms with Crippen molar-refractivity contribution in [1.29, 1.82) is 0 Å². The Balaban J connectivity index is 2.38. The van der Waals surface area contributed by atoms with Gasteiger partial charge in [-0.1, -0.05) is 12.1 Å². The maximum Gasteiger partial charge on any atom is 0.169 e. The van der Waals surface area contributed by atoms with Crippen LogP contribution in [-0.2, 0) is 0 Å². The number of ether oxygens (including phenoxy) is 2. The zero-order chi connectivity index (χ0) is 13.8. The molecular weight excluding hydrogens is 247 g/mol. The van der Waals surface area contributed by atoms with Crippen molar-refractivity contribution in [2.24, 2.45) is 0 Å². The molecule has 2 rings (SSSR count). The van der Waals surface area contributed by atoms with Crippen molar-refractivity contribution in [3.05, 3.63) is 53.8 Å². The van der Waals surface area contributed by atoms with Crippen LogP contribution < -0.4 is 9.47 Å². The summed E-state index contributed by atoms with van der Waals surface area (Å²) >= 11 is 0. The molecular formula is C15H15FO3. The first-order chi connectivity index (χ1) is 9.11. The molecule has 3 nitrogen and oxygen atoms in total. The molecule has 1 N–H and O–H groups in total. The maximum absolute atomic E-state index is 13.2. The van der Waals surface area contributed by atoms with Gasteiger partial charge in [0.2, 0.25) is 0 Å². The standard InChI is InChI=1S/C15H15FO3/c1-10(17)12-9-11(16)7-8-13(12)19-15-6-4-3-5-14(15)18-2/h3-10,17H,1-2H3. The number of benzene rings is 2. The van der Waals surface area contributed by atoms with E-state index in [1.807, 2.05) is 12.1 Å². The number of methoxy groups -OCH3 is 1. The Bertz CT molecular complexity index is 567. The highest BCUT2D eigenvalue weighted by Crippen LogP contribution is 2.34. The monoisotopic (exact) mass is 262 g/mol. The molecule has 0 spiro atoms. The number of halogens is 1. The van der Waals surface area contributed by atoms with Gasteiger partial charge in [-0.2, -0.15) is 0 Å². The smallest absolute Gasteiger partial charge is 0.169 e. The molecule has 0 saturated carbocycles. The molecule has 0 saturated heterocycles. The topological polar surface area (TPSA) is 38.7 Å². The summed E-state index contributed by atoms with van der Waals surface area (Å²) in [5.74, 6) is 1.08. The predicted octanol–water partition coefficient (Wildman–Crippen LogP) is 3.68. The first-order valence-electron chi connectivity index (χ1n) is 5.90. The van der Waals surface area contributed by atoms with Gasteiger partial charge in [-0.15, -0.1) is 0 Å². The summed E-state index contributed by atoms with van der Waals surface area (Å²) < 4.78 is 24.1. The summed E-state index contributed by atoms with van der Waals surface area (Å²) in [5.41, 5.74) is 0.394. The minimum atomic E-state index is -0.819. The summed E-state index contributed by atoms with van der Waals surface area (Å²) in [5, 5.41) is 9.66. The summed E-state index contributed by atoms with van der Waals surface area (Å²) in [6.07, 6.45) is -0.819. The molecule has 0 fully saturated rings. The quantitative estimate of drug-likeness (QED) is 0.913. The number of rotatable bonds is 4. The van der Waals surface area contributed by atoms with Crippen LogP contribution in [0.4, 0.5) is 4.39 Å². The lowest BCUT2D eigenvalue weighted by Gasteiger charge is -2.15. The fraction of sp³-hybridized carbons (Fsp3) is 0.200. The fourth-order valence-corrected chi connectivity index (χ4v) is 1.76. The molecule has 1 atom stereocenters. The molecule has 0 aliphatic heterocycles. The second-order valence-corrected chi connectivity index (χ2v) is 4.11. The first-order valence-corrected chi connectivity index (χ1v) is 5.90. The average molecular weight is 262 g/mol. The molecule has 0 aromatic heterocycles. The second-order valence-electron chi connectivity index (χ2n) is 4.11. The van der Waals surface area contributed by atoms with Crippen LogP contribution in [-0.4, -0.2) is 12.2 Å². The SMILES string of the molecule is COc1ccccc1Oc1ccc(F)cc1C(C)O. The minimum absolute atomic E-state index is 0.394. The number of hydrogen-bond acceptors (Lipinski definition) is 3. The Morgan fingerprint density at radius 2 is 1.74 bits per heavy atom. The van der Waals surface area contributed by atoms with Crippen molar-refractivity contribution in [3.63, 3.8) is 0 Å². The van der Waals surface area contributed by atoms with E-state index < -0.39 is 11.9 Å². The summed E-state index contributed by atoms with van der Waals surface area (Å²) in [6.45, 7) is 1.56. The third kappa shape index (κ3) is 3.03. The Morgan fingerprint density at radius 3 is 2.37 bits per heavy atom. The van der Waals surface area contributed by atoms with E-state index in [9.17, 15) is 9.50 Å². The predicted molar refractivity (Wildman–Crippen MR) is 70.1 cm³/mol. The molecule has 0 bridgehead atoms. The third-order valence-electron chi connectivity index (χ3n) is 2.71. The molecule has 0 aliphatic carbocycles. The second kappa shape index (κ2) is 5.71. The largest absolute Gasteiger partial charge is 0.493 e. The van der Waals surface area contributed by atoms with E-state index in [0.717, 1.165) is 0 Å². The van der Waals surface area contributed by atoms with Crippen LogP contribution in [0.5, 0.6) is 17.2 Å². The summed E-state index contributed by atoms with van der Waals surface area (Å²) in [6, 6.07) is 11.2. The average Bonchev–Trinajstić information content (AvgIpc) is 2.41. The highest BCUT2D eigenvalue weighted by molar-refractivity contribution is 5.45. The highest BCUT2D eigenvalue weighted by atomic mass is 19.1. The lowest BCUT2D eigenvalue weighted by Crippen LogP contribution is -1.98. The van der Waals surface area contributed by atoms with Gasteiger partial charge in [0.15, 0.2) is 11.5 Å². The van der Waals surface area contributed by atoms with E-state index in [2.05, 4.69) is 0 Å². The maximum atomic E-state index is 13.2. The number of aliphatic hydroxyl groups excluding tert-OH is 1. The van der Waals surface area contributed by atoms with Gasteiger partial charge >= 0.3 is 0 Å². The van der Waals surface area contributed by atoms with Gasteiger partial charge in [0.05, 0.1) is 13.2 Å². The highest BCUT2D eigenvalue weighted by Gasteiger charge is 2.13. The molecule has 0 heterocycles. The molecule has 19 heavy (non-hydrogen) atoms. The van der Waals surface area contributed by atoms with Crippen LogP contribution in [0.15, 0.2) is 42.5 Å². The molecule has 100 valence electrons. The van der Waals surface area contributed by atoms with Crippen molar-refractivity contribution in [1.82, 2.24) is 0 Å². The molecule has 4 heteroatoms. The Hall–Kier alpha value is -2.07. The van der Waals surface area contributed by atoms with Gasteiger partial charge in [0, 0.05) is 5.56 Å². The van der Waals surface area contributed by atoms with Crippen LogP contribution in [0, 0.1) is 5.82 Å². The minimum Gasteiger partial charge on any atom is -0.493 e. The molecule has 1 unspecified atom stereocenters. The van der Waals surface area contributed by atoms with Gasteiger partial charge < -0.3 is 14.6 Å². The van der Waals surface area contributed by atoms with Crippen LogP contribution in [0.25, 0.3) is 0 Å². The van der Waals surface area contributed by atoms with Gasteiger partial charge in [-0.3, -0.25) is 0 Å². The van der Waals surface area contributed by atoms with Crippen LogP contribution in [0.1, 0.15) is 18.6 Å². The normalized spacial score (nSPS) is 12.0. The number of aliphatic hydroxyl groups is 1. The van der Waals surface area contributed by atoms with E-state index in [1.165, 1.54) is 18.2 Å². The van der Waals surface area contributed by atoms with E-state index >= 15 is 0 Å².